The maximum atomic E-state index is 13.0. The lowest BCUT2D eigenvalue weighted by Crippen LogP contribution is -2.48. The van der Waals surface area contributed by atoms with Gasteiger partial charge in [0.25, 0.3) is 11.5 Å². The third-order valence-corrected chi connectivity index (χ3v) is 5.50. The summed E-state index contributed by atoms with van der Waals surface area (Å²) in [5, 5.41) is 11.5. The fourth-order valence-corrected chi connectivity index (χ4v) is 4.13. The molecule has 2 aliphatic rings. The molecule has 0 radical (unpaired) electrons. The normalized spacial score (nSPS) is 24.4. The molecule has 0 N–H and O–H groups in total. The van der Waals surface area contributed by atoms with Gasteiger partial charge >= 0.3 is 11.9 Å². The zero-order valence-corrected chi connectivity index (χ0v) is 15.8. The number of nitro benzene ring substituents is 1. The van der Waals surface area contributed by atoms with E-state index in [1.54, 1.807) is 36.4 Å². The molecule has 1 aliphatic carbocycles. The lowest BCUT2D eigenvalue weighted by atomic mass is 9.96. The first-order chi connectivity index (χ1) is 13.2. The molecule has 28 heavy (non-hydrogen) atoms. The van der Waals surface area contributed by atoms with Crippen LogP contribution in [0.4, 0.5) is 5.69 Å². The van der Waals surface area contributed by atoms with Crippen molar-refractivity contribution in [2.24, 2.45) is 5.41 Å². The molecule has 0 aromatic heterocycles. The van der Waals surface area contributed by atoms with Crippen LogP contribution in [-0.4, -0.2) is 22.6 Å². The number of nitro groups is 1. The van der Waals surface area contributed by atoms with E-state index in [2.05, 4.69) is 0 Å². The number of carbonyl (C=O) groups excluding carboxylic acids is 2. The highest BCUT2D eigenvalue weighted by molar-refractivity contribution is 6.30. The first-order valence-corrected chi connectivity index (χ1v) is 9.01. The highest BCUT2D eigenvalue weighted by Crippen LogP contribution is 2.72. The average molecular weight is 402 g/mol. The van der Waals surface area contributed by atoms with Gasteiger partial charge in [-0.15, -0.1) is 0 Å². The fourth-order valence-electron chi connectivity index (χ4n) is 4.00. The Morgan fingerprint density at radius 1 is 0.893 bits per heavy atom. The molecular weight excluding hydrogens is 386 g/mol. The Balaban J connectivity index is 1.80. The number of non-ortho nitro benzene ring substituents is 1. The number of esters is 2. The van der Waals surface area contributed by atoms with Gasteiger partial charge in [-0.05, 0) is 23.3 Å². The zero-order valence-electron chi connectivity index (χ0n) is 15.0. The van der Waals surface area contributed by atoms with Crippen LogP contribution in [0.25, 0.3) is 0 Å². The summed E-state index contributed by atoms with van der Waals surface area (Å²) in [6.45, 7) is 2.99. The Morgan fingerprint density at radius 2 is 1.32 bits per heavy atom. The van der Waals surface area contributed by atoms with Gasteiger partial charge in [-0.3, -0.25) is 19.7 Å². The van der Waals surface area contributed by atoms with Gasteiger partial charge in [-0.1, -0.05) is 35.9 Å². The van der Waals surface area contributed by atoms with Crippen LogP contribution in [0.15, 0.2) is 48.5 Å². The topological polar surface area (TPSA) is 95.7 Å². The van der Waals surface area contributed by atoms with Crippen LogP contribution in [0, 0.1) is 15.5 Å². The molecule has 1 spiro atoms. The maximum absolute atomic E-state index is 13.0. The number of hydrogen-bond donors (Lipinski definition) is 0. The monoisotopic (exact) mass is 401 g/mol. The summed E-state index contributed by atoms with van der Waals surface area (Å²) < 4.78 is 10.8. The molecule has 2 atom stereocenters. The minimum Gasteiger partial charge on any atom is -0.422 e. The van der Waals surface area contributed by atoms with Gasteiger partial charge in [0, 0.05) is 42.8 Å². The van der Waals surface area contributed by atoms with E-state index in [0.717, 1.165) is 5.56 Å². The summed E-state index contributed by atoms with van der Waals surface area (Å²) in [5.74, 6) is -3.71. The minimum atomic E-state index is -1.51. The summed E-state index contributed by atoms with van der Waals surface area (Å²) in [7, 11) is 0. The van der Waals surface area contributed by atoms with E-state index < -0.39 is 39.9 Å². The molecule has 0 bridgehead atoms. The van der Waals surface area contributed by atoms with Crippen molar-refractivity contribution in [2.45, 2.75) is 31.5 Å². The predicted octanol–water partition coefficient (Wildman–Crippen LogP) is 3.95. The Kier molecular flexibility index (Phi) is 3.97. The molecule has 7 nitrogen and oxygen atoms in total. The van der Waals surface area contributed by atoms with E-state index >= 15 is 0 Å². The molecule has 2 aromatic carbocycles. The van der Waals surface area contributed by atoms with Gasteiger partial charge in [0.15, 0.2) is 5.41 Å². The van der Waals surface area contributed by atoms with Gasteiger partial charge in [-0.25, -0.2) is 0 Å². The van der Waals surface area contributed by atoms with Crippen LogP contribution < -0.4 is 0 Å². The van der Waals surface area contributed by atoms with Crippen molar-refractivity contribution < 1.29 is 24.0 Å². The van der Waals surface area contributed by atoms with Crippen LogP contribution in [-0.2, 0) is 19.1 Å². The van der Waals surface area contributed by atoms with Crippen LogP contribution in [0.2, 0.25) is 5.02 Å². The number of halogens is 1. The predicted molar refractivity (Wildman–Crippen MR) is 98.7 cm³/mol. The smallest absolute Gasteiger partial charge is 0.328 e. The van der Waals surface area contributed by atoms with Crippen molar-refractivity contribution in [1.29, 1.82) is 0 Å². The Bertz CT molecular complexity index is 963. The van der Waals surface area contributed by atoms with Crippen molar-refractivity contribution >= 4 is 29.2 Å². The largest absolute Gasteiger partial charge is 0.422 e. The molecule has 4 rings (SSSR count). The molecular formula is C20H16ClNO6. The third kappa shape index (κ3) is 2.65. The highest BCUT2D eigenvalue weighted by atomic mass is 35.5. The van der Waals surface area contributed by atoms with Crippen LogP contribution in [0.5, 0.6) is 0 Å². The Labute approximate surface area is 165 Å². The third-order valence-electron chi connectivity index (χ3n) is 5.25. The van der Waals surface area contributed by atoms with Crippen molar-refractivity contribution in [3.63, 3.8) is 0 Å². The van der Waals surface area contributed by atoms with Crippen molar-refractivity contribution in [3.8, 4) is 0 Å². The van der Waals surface area contributed by atoms with Crippen LogP contribution in [0.1, 0.15) is 36.8 Å². The van der Waals surface area contributed by atoms with Crippen molar-refractivity contribution in [3.05, 3.63) is 74.8 Å². The molecule has 0 amide bonds. The second-order valence-electron chi connectivity index (χ2n) is 7.40. The highest BCUT2D eigenvalue weighted by Gasteiger charge is 2.79. The van der Waals surface area contributed by atoms with E-state index in [0.29, 0.717) is 10.6 Å². The molecule has 1 saturated carbocycles. The van der Waals surface area contributed by atoms with E-state index in [9.17, 15) is 19.7 Å². The molecule has 1 saturated heterocycles. The number of nitrogens with zero attached hydrogens (tertiary/aromatic N) is 1. The molecule has 0 unspecified atom stereocenters. The number of rotatable bonds is 3. The van der Waals surface area contributed by atoms with Crippen LogP contribution >= 0.6 is 11.6 Å². The van der Waals surface area contributed by atoms with Gasteiger partial charge in [0.1, 0.15) is 0 Å². The van der Waals surface area contributed by atoms with Gasteiger partial charge < -0.3 is 9.47 Å². The fraction of sp³-hybridized carbons (Fsp3) is 0.300. The molecule has 144 valence electrons. The lowest BCUT2D eigenvalue weighted by molar-refractivity contribution is -0.384. The van der Waals surface area contributed by atoms with Gasteiger partial charge in [-0.2, -0.15) is 0 Å². The number of cyclic esters (lactones) is 2. The Morgan fingerprint density at radius 3 is 1.75 bits per heavy atom. The minimum absolute atomic E-state index is 0.0728. The first-order valence-electron chi connectivity index (χ1n) is 8.63. The zero-order chi connectivity index (χ0) is 20.3. The quantitative estimate of drug-likeness (QED) is 0.334. The van der Waals surface area contributed by atoms with Crippen molar-refractivity contribution in [2.75, 3.05) is 0 Å². The standard InChI is InChI=1S/C20H16ClNO6/c1-19(2)27-17(23)20(18(24)28-19)15(11-3-7-13(21)8-4-11)16(20)12-5-9-14(10-6-12)22(25)26/h3-10,15-16H,1-2H3/t15-,16-/m1/s1. The molecule has 2 aromatic rings. The summed E-state index contributed by atoms with van der Waals surface area (Å²) in [6, 6.07) is 12.7. The van der Waals surface area contributed by atoms with Crippen LogP contribution in [0.3, 0.4) is 0 Å². The molecule has 2 fully saturated rings. The average Bonchev–Trinajstić information content (AvgIpc) is 3.31. The number of hydrogen-bond acceptors (Lipinski definition) is 6. The second-order valence-corrected chi connectivity index (χ2v) is 7.84. The molecule has 1 heterocycles. The number of benzene rings is 2. The SMILES string of the molecule is CC1(C)OC(=O)C2(C(=O)O1)[C@H](c1ccc(Cl)cc1)[C@H]2c1ccc([N+](=O)[O-])cc1. The lowest BCUT2D eigenvalue weighted by Gasteiger charge is -2.34. The maximum Gasteiger partial charge on any atom is 0.328 e. The van der Waals surface area contributed by atoms with E-state index in [-0.39, 0.29) is 5.69 Å². The van der Waals surface area contributed by atoms with Crippen molar-refractivity contribution in [1.82, 2.24) is 0 Å². The van der Waals surface area contributed by atoms with Gasteiger partial charge in [0.05, 0.1) is 4.92 Å². The van der Waals surface area contributed by atoms with E-state index in [1.165, 1.54) is 26.0 Å². The Hall–Kier alpha value is -2.93. The summed E-state index contributed by atoms with van der Waals surface area (Å²) in [5.41, 5.74) is -0.226. The van der Waals surface area contributed by atoms with E-state index in [4.69, 9.17) is 21.1 Å². The summed E-state index contributed by atoms with van der Waals surface area (Å²) in [4.78, 5) is 36.3. The molecule has 1 aliphatic heterocycles. The number of ether oxygens (including phenoxy) is 2. The summed E-state index contributed by atoms with van der Waals surface area (Å²) >= 11 is 5.96. The first kappa shape index (κ1) is 18.4. The summed E-state index contributed by atoms with van der Waals surface area (Å²) in [6.07, 6.45) is 0. The van der Waals surface area contributed by atoms with E-state index in [1.807, 2.05) is 0 Å². The molecule has 8 heteroatoms. The second kappa shape index (κ2) is 6.04. The van der Waals surface area contributed by atoms with Gasteiger partial charge in [0.2, 0.25) is 0 Å². The number of carbonyl (C=O) groups is 2.